The average molecular weight is 247 g/mol. The van der Waals surface area contributed by atoms with Crippen molar-refractivity contribution in [3.63, 3.8) is 0 Å². The first-order valence-electron chi connectivity index (χ1n) is 7.58. The van der Waals surface area contributed by atoms with Gasteiger partial charge in [0.1, 0.15) is 0 Å². The molecule has 0 amide bonds. The molecule has 100 valence electrons. The van der Waals surface area contributed by atoms with Crippen LogP contribution in [0.1, 0.15) is 56.7 Å². The van der Waals surface area contributed by atoms with E-state index >= 15 is 0 Å². The Morgan fingerprint density at radius 1 is 1.28 bits per heavy atom. The molecule has 3 nitrogen and oxygen atoms in total. The number of hydrogen-bond donors (Lipinski definition) is 1. The molecule has 18 heavy (non-hydrogen) atoms. The Kier molecular flexibility index (Phi) is 3.69. The number of aromatic nitrogens is 2. The van der Waals surface area contributed by atoms with E-state index in [0.717, 1.165) is 12.3 Å². The highest BCUT2D eigenvalue weighted by Gasteiger charge is 2.30. The summed E-state index contributed by atoms with van der Waals surface area (Å²) < 4.78 is 2.23. The van der Waals surface area contributed by atoms with Gasteiger partial charge in [-0.25, -0.2) is 0 Å². The van der Waals surface area contributed by atoms with Crippen LogP contribution in [-0.2, 0) is 6.42 Å². The standard InChI is InChI=1S/C15H25N3/c1-16-15(12-7-8-12)11-13-9-10-18(17-13)14-5-3-2-4-6-14/h9-10,12,14-16H,2-8,11H2,1H3. The van der Waals surface area contributed by atoms with E-state index in [1.54, 1.807) is 0 Å². The molecular weight excluding hydrogens is 222 g/mol. The third kappa shape index (κ3) is 2.77. The minimum atomic E-state index is 0.639. The fraction of sp³-hybridized carbons (Fsp3) is 0.800. The second-order valence-electron chi connectivity index (χ2n) is 6.02. The highest BCUT2D eigenvalue weighted by Crippen LogP contribution is 2.34. The van der Waals surface area contributed by atoms with Crippen molar-refractivity contribution in [1.82, 2.24) is 15.1 Å². The van der Waals surface area contributed by atoms with E-state index < -0.39 is 0 Å². The first kappa shape index (κ1) is 12.2. The SMILES string of the molecule is CNC(Cc1ccn(C2CCCCC2)n1)C1CC1. The Labute approximate surface area is 110 Å². The second kappa shape index (κ2) is 5.43. The van der Waals surface area contributed by atoms with Crippen LogP contribution in [0.4, 0.5) is 0 Å². The van der Waals surface area contributed by atoms with Gasteiger partial charge in [-0.05, 0) is 44.7 Å². The van der Waals surface area contributed by atoms with Crippen LogP contribution < -0.4 is 5.32 Å². The van der Waals surface area contributed by atoms with Gasteiger partial charge >= 0.3 is 0 Å². The summed E-state index contributed by atoms with van der Waals surface area (Å²) >= 11 is 0. The summed E-state index contributed by atoms with van der Waals surface area (Å²) in [6.45, 7) is 0. The zero-order valence-electron chi connectivity index (χ0n) is 11.4. The van der Waals surface area contributed by atoms with E-state index in [1.807, 2.05) is 0 Å². The van der Waals surface area contributed by atoms with Crippen LogP contribution in [0.5, 0.6) is 0 Å². The lowest BCUT2D eigenvalue weighted by Gasteiger charge is -2.22. The second-order valence-corrected chi connectivity index (χ2v) is 6.02. The smallest absolute Gasteiger partial charge is 0.0640 e. The molecule has 0 spiro atoms. The van der Waals surface area contributed by atoms with E-state index in [1.165, 1.54) is 50.6 Å². The summed E-state index contributed by atoms with van der Waals surface area (Å²) in [7, 11) is 2.08. The van der Waals surface area contributed by atoms with E-state index in [9.17, 15) is 0 Å². The third-order valence-corrected chi connectivity index (χ3v) is 4.60. The topological polar surface area (TPSA) is 29.9 Å². The molecule has 0 aromatic carbocycles. The quantitative estimate of drug-likeness (QED) is 0.867. The van der Waals surface area contributed by atoms with Crippen molar-refractivity contribution in [3.05, 3.63) is 18.0 Å². The van der Waals surface area contributed by atoms with Gasteiger partial charge < -0.3 is 5.32 Å². The van der Waals surface area contributed by atoms with Crippen molar-refractivity contribution in [3.8, 4) is 0 Å². The molecule has 2 aliphatic carbocycles. The van der Waals surface area contributed by atoms with E-state index in [-0.39, 0.29) is 0 Å². The van der Waals surface area contributed by atoms with Gasteiger partial charge in [-0.1, -0.05) is 19.3 Å². The van der Waals surface area contributed by atoms with E-state index in [4.69, 9.17) is 5.10 Å². The molecule has 1 aromatic heterocycles. The van der Waals surface area contributed by atoms with Gasteiger partial charge in [0.05, 0.1) is 11.7 Å². The Morgan fingerprint density at radius 3 is 2.72 bits per heavy atom. The normalized spacial score (nSPS) is 23.2. The van der Waals surface area contributed by atoms with Crippen molar-refractivity contribution >= 4 is 0 Å². The third-order valence-electron chi connectivity index (χ3n) is 4.60. The molecule has 0 radical (unpaired) electrons. The van der Waals surface area contributed by atoms with Crippen molar-refractivity contribution < 1.29 is 0 Å². The lowest BCUT2D eigenvalue weighted by atomic mass is 9.96. The molecule has 0 aliphatic heterocycles. The van der Waals surface area contributed by atoms with Crippen LogP contribution in [0.15, 0.2) is 12.3 Å². The molecule has 1 atom stereocenters. The van der Waals surface area contributed by atoms with Gasteiger partial charge in [0.15, 0.2) is 0 Å². The molecule has 2 saturated carbocycles. The minimum absolute atomic E-state index is 0.639. The highest BCUT2D eigenvalue weighted by molar-refractivity contribution is 5.04. The van der Waals surface area contributed by atoms with Gasteiger partial charge in [0, 0.05) is 18.7 Å². The lowest BCUT2D eigenvalue weighted by Crippen LogP contribution is -2.29. The van der Waals surface area contributed by atoms with Gasteiger partial charge in [-0.15, -0.1) is 0 Å². The maximum Gasteiger partial charge on any atom is 0.0640 e. The maximum atomic E-state index is 4.81. The molecule has 1 heterocycles. The predicted molar refractivity (Wildman–Crippen MR) is 73.6 cm³/mol. The zero-order valence-corrected chi connectivity index (χ0v) is 11.4. The molecular formula is C15H25N3. The average Bonchev–Trinajstić information content (AvgIpc) is 3.16. The Morgan fingerprint density at radius 2 is 2.06 bits per heavy atom. The van der Waals surface area contributed by atoms with Crippen LogP contribution in [0.25, 0.3) is 0 Å². The number of hydrogen-bond acceptors (Lipinski definition) is 2. The fourth-order valence-electron chi connectivity index (χ4n) is 3.26. The Bertz CT molecular complexity index is 375. The first-order valence-corrected chi connectivity index (χ1v) is 7.58. The molecule has 2 fully saturated rings. The summed E-state index contributed by atoms with van der Waals surface area (Å²) in [5.41, 5.74) is 1.27. The molecule has 3 heteroatoms. The van der Waals surface area contributed by atoms with Crippen LogP contribution >= 0.6 is 0 Å². The van der Waals surface area contributed by atoms with Crippen molar-refractivity contribution in [2.75, 3.05) is 7.05 Å². The number of nitrogens with zero attached hydrogens (tertiary/aromatic N) is 2. The molecule has 1 aromatic rings. The van der Waals surface area contributed by atoms with Crippen LogP contribution in [-0.4, -0.2) is 22.9 Å². The monoisotopic (exact) mass is 247 g/mol. The number of rotatable bonds is 5. The summed E-state index contributed by atoms with van der Waals surface area (Å²) in [5.74, 6) is 0.898. The van der Waals surface area contributed by atoms with Gasteiger partial charge in [0.25, 0.3) is 0 Å². The lowest BCUT2D eigenvalue weighted by molar-refractivity contribution is 0.327. The van der Waals surface area contributed by atoms with E-state index in [2.05, 4.69) is 29.3 Å². The molecule has 0 bridgehead atoms. The Balaban J connectivity index is 1.61. The summed E-state index contributed by atoms with van der Waals surface area (Å²) in [6.07, 6.45) is 12.9. The summed E-state index contributed by atoms with van der Waals surface area (Å²) in [4.78, 5) is 0. The summed E-state index contributed by atoms with van der Waals surface area (Å²) in [5, 5.41) is 8.26. The van der Waals surface area contributed by atoms with Crippen molar-refractivity contribution in [1.29, 1.82) is 0 Å². The molecule has 0 saturated heterocycles. The van der Waals surface area contributed by atoms with Gasteiger partial charge in [-0.3, -0.25) is 4.68 Å². The van der Waals surface area contributed by atoms with Crippen molar-refractivity contribution in [2.24, 2.45) is 5.92 Å². The van der Waals surface area contributed by atoms with Crippen LogP contribution in [0.3, 0.4) is 0 Å². The van der Waals surface area contributed by atoms with E-state index in [0.29, 0.717) is 12.1 Å². The molecule has 1 N–H and O–H groups in total. The largest absolute Gasteiger partial charge is 0.316 e. The molecule has 2 aliphatic rings. The minimum Gasteiger partial charge on any atom is -0.316 e. The zero-order chi connectivity index (χ0) is 12.4. The Hall–Kier alpha value is -0.830. The highest BCUT2D eigenvalue weighted by atomic mass is 15.3. The molecule has 3 rings (SSSR count). The van der Waals surface area contributed by atoms with Crippen LogP contribution in [0.2, 0.25) is 0 Å². The number of likely N-dealkylation sites (N-methyl/N-ethyl adjacent to an activating group) is 1. The fourth-order valence-corrected chi connectivity index (χ4v) is 3.26. The van der Waals surface area contributed by atoms with Gasteiger partial charge in [0.2, 0.25) is 0 Å². The van der Waals surface area contributed by atoms with Gasteiger partial charge in [-0.2, -0.15) is 5.10 Å². The first-order chi connectivity index (χ1) is 8.86. The summed E-state index contributed by atoms with van der Waals surface area (Å²) in [6, 6.07) is 3.53. The maximum absolute atomic E-state index is 4.81. The predicted octanol–water partition coefficient (Wildman–Crippen LogP) is 2.93. The van der Waals surface area contributed by atoms with Crippen molar-refractivity contribution in [2.45, 2.75) is 63.5 Å². The molecule has 1 unspecified atom stereocenters. The van der Waals surface area contributed by atoms with Crippen LogP contribution in [0, 0.1) is 5.92 Å². The number of nitrogens with one attached hydrogen (secondary N) is 1.